The normalized spacial score (nSPS) is 25.0. The van der Waals surface area contributed by atoms with Crippen LogP contribution >= 0.6 is 11.6 Å². The van der Waals surface area contributed by atoms with E-state index in [1.165, 1.54) is 5.56 Å². The van der Waals surface area contributed by atoms with Crippen LogP contribution in [0.15, 0.2) is 24.3 Å². The van der Waals surface area contributed by atoms with Crippen molar-refractivity contribution in [3.05, 3.63) is 34.9 Å². The minimum atomic E-state index is 0.342. The molecule has 21 heavy (non-hydrogen) atoms. The van der Waals surface area contributed by atoms with E-state index in [0.29, 0.717) is 18.2 Å². The average Bonchev–Trinajstić information content (AvgIpc) is 2.48. The van der Waals surface area contributed by atoms with Gasteiger partial charge < -0.3 is 10.1 Å². The molecule has 1 aliphatic heterocycles. The predicted octanol–water partition coefficient (Wildman–Crippen LogP) is 3.49. The number of morpholine rings is 1. The van der Waals surface area contributed by atoms with Crippen molar-refractivity contribution < 1.29 is 4.74 Å². The number of rotatable bonds is 6. The molecular weight excluding hydrogens is 284 g/mol. The number of hydrogen-bond donors (Lipinski definition) is 1. The summed E-state index contributed by atoms with van der Waals surface area (Å²) in [7, 11) is 0. The maximum Gasteiger partial charge on any atom is 0.0674 e. The van der Waals surface area contributed by atoms with Crippen LogP contribution in [0, 0.1) is 0 Å². The Kier molecular flexibility index (Phi) is 6.49. The third-order valence-electron chi connectivity index (χ3n) is 4.16. The fraction of sp³-hybridized carbons (Fsp3) is 0.647. The molecule has 0 spiro atoms. The van der Waals surface area contributed by atoms with E-state index >= 15 is 0 Å². The van der Waals surface area contributed by atoms with Crippen LogP contribution in [0.5, 0.6) is 0 Å². The summed E-state index contributed by atoms with van der Waals surface area (Å²) in [6.07, 6.45) is 1.45. The van der Waals surface area contributed by atoms with Gasteiger partial charge in [-0.05, 0) is 44.5 Å². The summed E-state index contributed by atoms with van der Waals surface area (Å²) in [5.41, 5.74) is 1.32. The van der Waals surface area contributed by atoms with Gasteiger partial charge in [0.1, 0.15) is 0 Å². The van der Waals surface area contributed by atoms with Gasteiger partial charge in [-0.1, -0.05) is 30.7 Å². The standard InChI is InChI=1S/C17H27ClN2O/c1-4-19-17(15-5-7-16(18)8-6-15)9-10-20-11-14(3)21-12-13(20)2/h5-8,13-14,17,19H,4,9-12H2,1-3H3. The van der Waals surface area contributed by atoms with Gasteiger partial charge in [0.05, 0.1) is 12.7 Å². The van der Waals surface area contributed by atoms with Crippen molar-refractivity contribution in [1.82, 2.24) is 10.2 Å². The monoisotopic (exact) mass is 310 g/mol. The Morgan fingerprint density at radius 2 is 2.05 bits per heavy atom. The Morgan fingerprint density at radius 1 is 1.33 bits per heavy atom. The van der Waals surface area contributed by atoms with Crippen molar-refractivity contribution in [1.29, 1.82) is 0 Å². The lowest BCUT2D eigenvalue weighted by Crippen LogP contribution is -2.48. The summed E-state index contributed by atoms with van der Waals surface area (Å²) in [6, 6.07) is 9.09. The van der Waals surface area contributed by atoms with Crippen LogP contribution in [0.1, 0.15) is 38.8 Å². The molecule has 1 fully saturated rings. The number of halogens is 1. The summed E-state index contributed by atoms with van der Waals surface area (Å²) in [6.45, 7) is 10.5. The first-order valence-electron chi connectivity index (χ1n) is 7.94. The summed E-state index contributed by atoms with van der Waals surface area (Å²) in [4.78, 5) is 2.54. The van der Waals surface area contributed by atoms with Gasteiger partial charge in [0, 0.05) is 30.2 Å². The fourth-order valence-electron chi connectivity index (χ4n) is 2.91. The summed E-state index contributed by atoms with van der Waals surface area (Å²) in [5, 5.41) is 4.38. The van der Waals surface area contributed by atoms with Gasteiger partial charge in [-0.2, -0.15) is 0 Å². The van der Waals surface area contributed by atoms with E-state index in [2.05, 4.69) is 43.1 Å². The Hall–Kier alpha value is -0.610. The molecule has 118 valence electrons. The molecule has 2 rings (SSSR count). The van der Waals surface area contributed by atoms with Crippen molar-refractivity contribution in [2.75, 3.05) is 26.2 Å². The predicted molar refractivity (Wildman–Crippen MR) is 88.9 cm³/mol. The molecule has 0 aromatic heterocycles. The van der Waals surface area contributed by atoms with Crippen molar-refractivity contribution in [3.63, 3.8) is 0 Å². The van der Waals surface area contributed by atoms with E-state index < -0.39 is 0 Å². The second-order valence-electron chi connectivity index (χ2n) is 5.94. The molecule has 1 aromatic carbocycles. The Bertz CT molecular complexity index is 423. The van der Waals surface area contributed by atoms with E-state index in [1.54, 1.807) is 0 Å². The molecule has 1 N–H and O–H groups in total. The minimum Gasteiger partial charge on any atom is -0.376 e. The van der Waals surface area contributed by atoms with Crippen molar-refractivity contribution in [2.24, 2.45) is 0 Å². The third-order valence-corrected chi connectivity index (χ3v) is 4.42. The highest BCUT2D eigenvalue weighted by Crippen LogP contribution is 2.21. The number of nitrogens with one attached hydrogen (secondary N) is 1. The third kappa shape index (κ3) is 4.96. The summed E-state index contributed by atoms with van der Waals surface area (Å²) in [5.74, 6) is 0. The summed E-state index contributed by atoms with van der Waals surface area (Å²) >= 11 is 5.98. The second-order valence-corrected chi connectivity index (χ2v) is 6.37. The van der Waals surface area contributed by atoms with Crippen molar-refractivity contribution in [3.8, 4) is 0 Å². The molecule has 4 heteroatoms. The van der Waals surface area contributed by atoms with E-state index in [-0.39, 0.29) is 0 Å². The molecule has 0 amide bonds. The molecule has 3 atom stereocenters. The minimum absolute atomic E-state index is 0.342. The van der Waals surface area contributed by atoms with Crippen LogP contribution in [-0.2, 0) is 4.74 Å². The van der Waals surface area contributed by atoms with Gasteiger partial charge in [-0.3, -0.25) is 4.90 Å². The quantitative estimate of drug-likeness (QED) is 0.870. The molecule has 3 nitrogen and oxygen atoms in total. The van der Waals surface area contributed by atoms with Crippen molar-refractivity contribution >= 4 is 11.6 Å². The Balaban J connectivity index is 1.94. The molecule has 1 heterocycles. The van der Waals surface area contributed by atoms with Crippen LogP contribution in [0.25, 0.3) is 0 Å². The highest BCUT2D eigenvalue weighted by Gasteiger charge is 2.24. The first-order chi connectivity index (χ1) is 10.1. The average molecular weight is 311 g/mol. The molecule has 0 radical (unpaired) electrons. The van der Waals surface area contributed by atoms with E-state index in [1.807, 2.05) is 12.1 Å². The zero-order valence-electron chi connectivity index (χ0n) is 13.3. The first kappa shape index (κ1) is 16.8. The van der Waals surface area contributed by atoms with E-state index in [4.69, 9.17) is 16.3 Å². The molecule has 1 saturated heterocycles. The number of nitrogens with zero attached hydrogens (tertiary/aromatic N) is 1. The topological polar surface area (TPSA) is 24.5 Å². The van der Waals surface area contributed by atoms with Crippen LogP contribution in [0.4, 0.5) is 0 Å². The molecule has 0 bridgehead atoms. The zero-order valence-corrected chi connectivity index (χ0v) is 14.1. The highest BCUT2D eigenvalue weighted by molar-refractivity contribution is 6.30. The maximum absolute atomic E-state index is 5.98. The molecule has 0 aliphatic carbocycles. The lowest BCUT2D eigenvalue weighted by atomic mass is 10.0. The first-order valence-corrected chi connectivity index (χ1v) is 8.32. The van der Waals surface area contributed by atoms with Gasteiger partial charge >= 0.3 is 0 Å². The Labute approximate surface area is 133 Å². The fourth-order valence-corrected chi connectivity index (χ4v) is 3.03. The van der Waals surface area contributed by atoms with Crippen molar-refractivity contribution in [2.45, 2.75) is 45.4 Å². The largest absolute Gasteiger partial charge is 0.376 e. The van der Waals surface area contributed by atoms with Crippen LogP contribution < -0.4 is 5.32 Å². The van der Waals surface area contributed by atoms with Gasteiger partial charge in [0.25, 0.3) is 0 Å². The SMILES string of the molecule is CCNC(CCN1CC(C)OCC1C)c1ccc(Cl)cc1. The molecule has 3 unspecified atom stereocenters. The molecule has 1 aliphatic rings. The van der Waals surface area contributed by atoms with E-state index in [0.717, 1.165) is 37.7 Å². The van der Waals surface area contributed by atoms with Gasteiger partial charge in [0.2, 0.25) is 0 Å². The zero-order chi connectivity index (χ0) is 15.2. The number of ether oxygens (including phenoxy) is 1. The van der Waals surface area contributed by atoms with Crippen LogP contribution in [0.3, 0.4) is 0 Å². The number of benzene rings is 1. The maximum atomic E-state index is 5.98. The summed E-state index contributed by atoms with van der Waals surface area (Å²) < 4.78 is 5.70. The smallest absolute Gasteiger partial charge is 0.0674 e. The Morgan fingerprint density at radius 3 is 2.71 bits per heavy atom. The van der Waals surface area contributed by atoms with Crippen LogP contribution in [-0.4, -0.2) is 43.3 Å². The molecule has 0 saturated carbocycles. The number of hydrogen-bond acceptors (Lipinski definition) is 3. The lowest BCUT2D eigenvalue weighted by molar-refractivity contribution is -0.0502. The molecular formula is C17H27ClN2O. The van der Waals surface area contributed by atoms with E-state index in [9.17, 15) is 0 Å². The van der Waals surface area contributed by atoms with Crippen LogP contribution in [0.2, 0.25) is 5.02 Å². The van der Waals surface area contributed by atoms with Gasteiger partial charge in [-0.25, -0.2) is 0 Å². The lowest BCUT2D eigenvalue weighted by Gasteiger charge is -2.37. The second kappa shape index (κ2) is 8.14. The highest BCUT2D eigenvalue weighted by atomic mass is 35.5. The van der Waals surface area contributed by atoms with Gasteiger partial charge in [-0.15, -0.1) is 0 Å². The van der Waals surface area contributed by atoms with Gasteiger partial charge in [0.15, 0.2) is 0 Å². The molecule has 1 aromatic rings.